The molecule has 146 valence electrons. The molecule has 4 aromatic rings. The maximum absolute atomic E-state index is 13.7. The fraction of sp³-hybridized carbons (Fsp3) is 0.136. The summed E-state index contributed by atoms with van der Waals surface area (Å²) in [5.74, 6) is 1.11. The molecule has 0 saturated heterocycles. The molecule has 0 saturated carbocycles. The minimum atomic E-state index is -0.199. The van der Waals surface area contributed by atoms with Gasteiger partial charge in [0.15, 0.2) is 0 Å². The molecule has 0 aliphatic rings. The second kappa shape index (κ2) is 8.71. The topological polar surface area (TPSA) is 47.9 Å². The van der Waals surface area contributed by atoms with Crippen LogP contribution in [0, 0.1) is 12.7 Å². The average Bonchev–Trinajstić information content (AvgIpc) is 3.15. The van der Waals surface area contributed by atoms with Crippen LogP contribution < -0.4 is 4.74 Å². The summed E-state index contributed by atoms with van der Waals surface area (Å²) in [5.41, 5.74) is 3.36. The predicted molar refractivity (Wildman–Crippen MR) is 116 cm³/mol. The highest BCUT2D eigenvalue weighted by atomic mass is 32.2. The van der Waals surface area contributed by atoms with Gasteiger partial charge in [-0.15, -0.1) is 21.5 Å². The second-order valence-corrected chi connectivity index (χ2v) is 8.30. The molecule has 2 aromatic carbocycles. The summed E-state index contributed by atoms with van der Waals surface area (Å²) in [6, 6.07) is 18.5. The number of halogens is 1. The fourth-order valence-electron chi connectivity index (χ4n) is 2.80. The molecule has 7 heteroatoms. The Morgan fingerprint density at radius 2 is 1.90 bits per heavy atom. The monoisotopic (exact) mass is 423 g/mol. The van der Waals surface area contributed by atoms with Crippen molar-refractivity contribution < 1.29 is 9.13 Å². The highest BCUT2D eigenvalue weighted by Gasteiger charge is 2.14. The van der Waals surface area contributed by atoms with Gasteiger partial charge in [0.2, 0.25) is 0 Å². The van der Waals surface area contributed by atoms with Crippen LogP contribution in [0.5, 0.6) is 5.75 Å². The lowest BCUT2D eigenvalue weighted by atomic mass is 10.2. The molecule has 2 heterocycles. The molecule has 29 heavy (non-hydrogen) atoms. The van der Waals surface area contributed by atoms with E-state index in [9.17, 15) is 4.39 Å². The van der Waals surface area contributed by atoms with Crippen LogP contribution >= 0.6 is 23.1 Å². The molecule has 4 nitrogen and oxygen atoms in total. The Morgan fingerprint density at radius 3 is 2.66 bits per heavy atom. The van der Waals surface area contributed by atoms with Crippen molar-refractivity contribution in [2.75, 3.05) is 7.11 Å². The van der Waals surface area contributed by atoms with Crippen molar-refractivity contribution >= 4 is 23.1 Å². The molecule has 0 bridgehead atoms. The van der Waals surface area contributed by atoms with Crippen LogP contribution in [0.4, 0.5) is 4.39 Å². The van der Waals surface area contributed by atoms with E-state index < -0.39 is 0 Å². The van der Waals surface area contributed by atoms with E-state index in [1.165, 1.54) is 17.8 Å². The van der Waals surface area contributed by atoms with Crippen LogP contribution in [0.3, 0.4) is 0 Å². The molecule has 0 aliphatic carbocycles. The Bertz CT molecular complexity index is 1130. The van der Waals surface area contributed by atoms with Crippen LogP contribution in [0.2, 0.25) is 0 Å². The van der Waals surface area contributed by atoms with E-state index >= 15 is 0 Å². The average molecular weight is 424 g/mol. The minimum absolute atomic E-state index is 0.199. The number of rotatable bonds is 6. The zero-order chi connectivity index (χ0) is 20.2. The van der Waals surface area contributed by atoms with E-state index in [1.54, 1.807) is 30.6 Å². The molecule has 0 spiro atoms. The Labute approximate surface area is 176 Å². The summed E-state index contributed by atoms with van der Waals surface area (Å²) in [5, 5.41) is 10.3. The first-order valence-electron chi connectivity index (χ1n) is 8.96. The highest BCUT2D eigenvalue weighted by Crippen LogP contribution is 2.35. The summed E-state index contributed by atoms with van der Waals surface area (Å²) in [6.07, 6.45) is 0. The number of aryl methyl sites for hydroxylation is 1. The highest BCUT2D eigenvalue weighted by molar-refractivity contribution is 7.98. The molecule has 0 amide bonds. The zero-order valence-corrected chi connectivity index (χ0v) is 17.6. The van der Waals surface area contributed by atoms with E-state index in [-0.39, 0.29) is 5.82 Å². The lowest BCUT2D eigenvalue weighted by Gasteiger charge is -2.03. The summed E-state index contributed by atoms with van der Waals surface area (Å²) in [7, 11) is 1.65. The third-order valence-corrected chi connectivity index (χ3v) is 6.52. The van der Waals surface area contributed by atoms with Crippen LogP contribution in [0.1, 0.15) is 11.3 Å². The lowest BCUT2D eigenvalue weighted by molar-refractivity contribution is 0.415. The van der Waals surface area contributed by atoms with E-state index in [0.717, 1.165) is 37.6 Å². The van der Waals surface area contributed by atoms with Gasteiger partial charge in [0.25, 0.3) is 0 Å². The predicted octanol–water partition coefficient (Wildman–Crippen LogP) is 6.02. The first-order valence-corrected chi connectivity index (χ1v) is 10.8. The second-order valence-electron chi connectivity index (χ2n) is 6.30. The third kappa shape index (κ3) is 4.46. The van der Waals surface area contributed by atoms with Crippen LogP contribution in [-0.4, -0.2) is 22.3 Å². The number of nitrogens with zero attached hydrogens (tertiary/aromatic N) is 3. The Hall–Kier alpha value is -2.77. The van der Waals surface area contributed by atoms with Crippen LogP contribution in [-0.2, 0) is 5.75 Å². The smallest absolute Gasteiger partial charge is 0.127 e. The summed E-state index contributed by atoms with van der Waals surface area (Å²) in [4.78, 5) is 5.68. The fourth-order valence-corrected chi connectivity index (χ4v) is 4.63. The van der Waals surface area contributed by atoms with Gasteiger partial charge in [-0.05, 0) is 42.8 Å². The van der Waals surface area contributed by atoms with Gasteiger partial charge in [0, 0.05) is 11.3 Å². The van der Waals surface area contributed by atoms with E-state index in [0.29, 0.717) is 11.3 Å². The van der Waals surface area contributed by atoms with Gasteiger partial charge in [-0.2, -0.15) is 0 Å². The molecule has 0 radical (unpaired) electrons. The third-order valence-electron chi connectivity index (χ3n) is 4.32. The van der Waals surface area contributed by atoms with Gasteiger partial charge in [0.05, 0.1) is 17.7 Å². The van der Waals surface area contributed by atoms with Crippen molar-refractivity contribution in [3.63, 3.8) is 0 Å². The Kier molecular flexibility index (Phi) is 5.87. The SMILES string of the molecule is COc1cccc(-c2nc(C)c(-c3ccc(SCc4ccccc4F)nn3)s2)c1. The molecular weight excluding hydrogens is 405 g/mol. The summed E-state index contributed by atoms with van der Waals surface area (Å²) < 4.78 is 19.1. The maximum atomic E-state index is 13.7. The normalized spacial score (nSPS) is 10.9. The van der Waals surface area contributed by atoms with E-state index in [4.69, 9.17) is 4.74 Å². The van der Waals surface area contributed by atoms with Crippen molar-refractivity contribution in [2.45, 2.75) is 17.7 Å². The van der Waals surface area contributed by atoms with Gasteiger partial charge in [-0.3, -0.25) is 0 Å². The lowest BCUT2D eigenvalue weighted by Crippen LogP contribution is -1.91. The molecule has 2 aromatic heterocycles. The summed E-state index contributed by atoms with van der Waals surface area (Å²) >= 11 is 3.04. The molecule has 0 aliphatic heterocycles. The number of hydrogen-bond acceptors (Lipinski definition) is 6. The first-order chi connectivity index (χ1) is 14.1. The molecular formula is C22H18FN3OS2. The van der Waals surface area contributed by atoms with Gasteiger partial charge >= 0.3 is 0 Å². The van der Waals surface area contributed by atoms with Crippen LogP contribution in [0.25, 0.3) is 21.1 Å². The number of methoxy groups -OCH3 is 1. The number of thioether (sulfide) groups is 1. The molecule has 0 atom stereocenters. The number of aromatic nitrogens is 3. The maximum Gasteiger partial charge on any atom is 0.127 e. The van der Waals surface area contributed by atoms with Crippen molar-refractivity contribution in [2.24, 2.45) is 0 Å². The molecule has 0 N–H and O–H groups in total. The summed E-state index contributed by atoms with van der Waals surface area (Å²) in [6.45, 7) is 1.97. The first kappa shape index (κ1) is 19.5. The number of hydrogen-bond donors (Lipinski definition) is 0. The quantitative estimate of drug-likeness (QED) is 0.355. The number of ether oxygens (including phenoxy) is 1. The Balaban J connectivity index is 1.52. The Morgan fingerprint density at radius 1 is 1.03 bits per heavy atom. The van der Waals surface area contributed by atoms with Gasteiger partial charge < -0.3 is 4.74 Å². The minimum Gasteiger partial charge on any atom is -0.497 e. The molecule has 4 rings (SSSR count). The van der Waals surface area contributed by atoms with Gasteiger partial charge in [0.1, 0.15) is 27.3 Å². The largest absolute Gasteiger partial charge is 0.497 e. The zero-order valence-electron chi connectivity index (χ0n) is 15.9. The van der Waals surface area contributed by atoms with E-state index in [2.05, 4.69) is 15.2 Å². The van der Waals surface area contributed by atoms with Gasteiger partial charge in [-0.1, -0.05) is 42.1 Å². The van der Waals surface area contributed by atoms with Crippen LogP contribution in [0.15, 0.2) is 65.7 Å². The standard InChI is InChI=1S/C22H18FN3OS2/c1-14-21(29-22(24-14)15-7-5-8-17(12-15)27-2)19-10-11-20(26-25-19)28-13-16-6-3-4-9-18(16)23/h3-12H,13H2,1-2H3. The van der Waals surface area contributed by atoms with Crippen molar-refractivity contribution in [3.05, 3.63) is 77.7 Å². The van der Waals surface area contributed by atoms with Crippen molar-refractivity contribution in [1.82, 2.24) is 15.2 Å². The van der Waals surface area contributed by atoms with E-state index in [1.807, 2.05) is 49.4 Å². The van der Waals surface area contributed by atoms with Crippen molar-refractivity contribution in [1.29, 1.82) is 0 Å². The number of benzene rings is 2. The molecule has 0 unspecified atom stereocenters. The van der Waals surface area contributed by atoms with Gasteiger partial charge in [-0.25, -0.2) is 9.37 Å². The number of thiazole rings is 1. The van der Waals surface area contributed by atoms with Crippen molar-refractivity contribution in [3.8, 4) is 26.9 Å². The molecule has 0 fully saturated rings.